The van der Waals surface area contributed by atoms with Gasteiger partial charge in [0.15, 0.2) is 5.82 Å². The molecule has 10 nitrogen and oxygen atoms in total. The van der Waals surface area contributed by atoms with E-state index in [9.17, 15) is 0 Å². The van der Waals surface area contributed by atoms with Crippen LogP contribution < -0.4 is 11.1 Å². The summed E-state index contributed by atoms with van der Waals surface area (Å²) in [7, 11) is 1.65. The van der Waals surface area contributed by atoms with E-state index in [0.717, 1.165) is 36.0 Å². The van der Waals surface area contributed by atoms with E-state index in [1.807, 2.05) is 0 Å². The first-order valence-corrected chi connectivity index (χ1v) is 10.8. The lowest BCUT2D eigenvalue weighted by Crippen LogP contribution is -2.36. The van der Waals surface area contributed by atoms with Crippen LogP contribution in [0.4, 0.5) is 11.8 Å². The summed E-state index contributed by atoms with van der Waals surface area (Å²) in [4.78, 5) is 21.6. The van der Waals surface area contributed by atoms with Crippen molar-refractivity contribution in [2.24, 2.45) is 0 Å². The normalized spacial score (nSPS) is 14.6. The molecule has 4 aromatic rings. The fourth-order valence-electron chi connectivity index (χ4n) is 3.97. The highest BCUT2D eigenvalue weighted by atomic mass is 16.5. The molecule has 1 fully saturated rings. The number of nitrogens with zero attached hydrogens (tertiary/aromatic N) is 6. The smallest absolute Gasteiger partial charge is 0.278 e. The van der Waals surface area contributed by atoms with Crippen LogP contribution in [0.15, 0.2) is 53.6 Å². The van der Waals surface area contributed by atoms with Gasteiger partial charge in [0.1, 0.15) is 11.5 Å². The number of aromatic nitrogens is 6. The number of methoxy groups -OCH3 is 1. The van der Waals surface area contributed by atoms with Crippen LogP contribution in [-0.2, 0) is 10.2 Å². The zero-order chi connectivity index (χ0) is 22.7. The lowest BCUT2D eigenvalue weighted by molar-refractivity contribution is 0.210. The quantitative estimate of drug-likeness (QED) is 0.390. The molecule has 168 valence electrons. The van der Waals surface area contributed by atoms with Crippen LogP contribution in [0.3, 0.4) is 0 Å². The van der Waals surface area contributed by atoms with Crippen molar-refractivity contribution in [3.05, 3.63) is 60.4 Å². The number of nitrogen functional groups attached to an aromatic ring is 1. The van der Waals surface area contributed by atoms with Gasteiger partial charge in [-0.25, -0.2) is 19.9 Å². The van der Waals surface area contributed by atoms with Crippen molar-refractivity contribution in [1.29, 1.82) is 0 Å². The van der Waals surface area contributed by atoms with E-state index in [1.54, 1.807) is 31.9 Å². The molecule has 0 atom stereocenters. The van der Waals surface area contributed by atoms with Gasteiger partial charge in [-0.05, 0) is 24.0 Å². The molecule has 5 rings (SSSR count). The summed E-state index contributed by atoms with van der Waals surface area (Å²) in [5, 5.41) is 7.45. The van der Waals surface area contributed by atoms with Crippen LogP contribution in [0, 0.1) is 0 Å². The Labute approximate surface area is 190 Å². The van der Waals surface area contributed by atoms with E-state index in [0.29, 0.717) is 36.4 Å². The molecule has 3 aromatic heterocycles. The number of nitrogens with one attached hydrogen (secondary N) is 1. The highest BCUT2D eigenvalue weighted by molar-refractivity contribution is 5.63. The Hall–Kier alpha value is -3.92. The van der Waals surface area contributed by atoms with Crippen LogP contribution in [0.2, 0.25) is 0 Å². The molecule has 3 heterocycles. The number of hydrogen-bond acceptors (Lipinski definition) is 10. The molecule has 33 heavy (non-hydrogen) atoms. The maximum Gasteiger partial charge on any atom is 0.278 e. The van der Waals surface area contributed by atoms with Crippen molar-refractivity contribution in [1.82, 2.24) is 30.1 Å². The van der Waals surface area contributed by atoms with Crippen molar-refractivity contribution < 1.29 is 9.26 Å². The summed E-state index contributed by atoms with van der Waals surface area (Å²) in [6.45, 7) is 1.25. The molecule has 0 aliphatic heterocycles. The molecule has 1 aliphatic carbocycles. The molecule has 0 unspecified atom stereocenters. The SMILES string of the molecule is COCCNc1cnc(-c2nc(C3(c4ccc(-c5cnc(N)nc5)cc4)CCC3)no2)cn1. The van der Waals surface area contributed by atoms with Gasteiger partial charge in [-0.15, -0.1) is 0 Å². The van der Waals surface area contributed by atoms with E-state index in [-0.39, 0.29) is 11.4 Å². The standard InChI is InChI=1S/C23H24N8O2/c1-32-10-9-25-19-14-26-18(13-27-19)20-30-21(31-33-20)23(7-2-8-23)17-5-3-15(4-6-17)16-11-28-22(24)29-12-16/h3-6,11-14H,2,7-10H2,1H3,(H,25,27)(H2,24,28,29). The van der Waals surface area contributed by atoms with Crippen molar-refractivity contribution >= 4 is 11.8 Å². The van der Waals surface area contributed by atoms with Crippen LogP contribution in [-0.4, -0.2) is 50.3 Å². The fourth-order valence-corrected chi connectivity index (χ4v) is 3.97. The van der Waals surface area contributed by atoms with Crippen molar-refractivity contribution in [3.8, 4) is 22.7 Å². The Bertz CT molecular complexity index is 1200. The van der Waals surface area contributed by atoms with Gasteiger partial charge in [0.05, 0.1) is 24.4 Å². The van der Waals surface area contributed by atoms with Gasteiger partial charge in [0, 0.05) is 31.6 Å². The Balaban J connectivity index is 1.36. The second kappa shape index (κ2) is 8.91. The molecule has 1 aliphatic rings. The molecular weight excluding hydrogens is 420 g/mol. The summed E-state index contributed by atoms with van der Waals surface area (Å²) >= 11 is 0. The highest BCUT2D eigenvalue weighted by Crippen LogP contribution is 2.48. The van der Waals surface area contributed by atoms with Gasteiger partial charge >= 0.3 is 0 Å². The molecule has 1 aromatic carbocycles. The van der Waals surface area contributed by atoms with E-state index in [2.05, 4.69) is 54.7 Å². The molecule has 0 bridgehead atoms. The predicted molar refractivity (Wildman–Crippen MR) is 122 cm³/mol. The second-order valence-corrected chi connectivity index (χ2v) is 7.97. The third-order valence-electron chi connectivity index (χ3n) is 5.99. The monoisotopic (exact) mass is 444 g/mol. The van der Waals surface area contributed by atoms with Crippen LogP contribution in [0.25, 0.3) is 22.7 Å². The minimum atomic E-state index is -0.257. The van der Waals surface area contributed by atoms with Crippen LogP contribution in [0.5, 0.6) is 0 Å². The van der Waals surface area contributed by atoms with Gasteiger partial charge in [0.2, 0.25) is 5.95 Å². The molecule has 10 heteroatoms. The lowest BCUT2D eigenvalue weighted by Gasteiger charge is -2.39. The van der Waals surface area contributed by atoms with Gasteiger partial charge in [0.25, 0.3) is 5.89 Å². The number of rotatable bonds is 8. The first-order valence-electron chi connectivity index (χ1n) is 10.8. The van der Waals surface area contributed by atoms with Crippen molar-refractivity contribution in [2.45, 2.75) is 24.7 Å². The third kappa shape index (κ3) is 4.12. The first-order chi connectivity index (χ1) is 16.2. The maximum atomic E-state index is 5.59. The summed E-state index contributed by atoms with van der Waals surface area (Å²) in [6, 6.07) is 8.35. The maximum absolute atomic E-state index is 5.59. The van der Waals surface area contributed by atoms with Crippen molar-refractivity contribution in [3.63, 3.8) is 0 Å². The van der Waals surface area contributed by atoms with Gasteiger partial charge < -0.3 is 20.3 Å². The number of benzene rings is 1. The van der Waals surface area contributed by atoms with Gasteiger partial charge in [-0.3, -0.25) is 0 Å². The molecule has 0 saturated heterocycles. The molecule has 0 radical (unpaired) electrons. The highest BCUT2D eigenvalue weighted by Gasteiger charge is 2.44. The topological polar surface area (TPSA) is 138 Å². The van der Waals surface area contributed by atoms with E-state index in [4.69, 9.17) is 20.0 Å². The summed E-state index contributed by atoms with van der Waals surface area (Å²) < 4.78 is 10.6. The van der Waals surface area contributed by atoms with Crippen LogP contribution >= 0.6 is 0 Å². The minimum absolute atomic E-state index is 0.257. The number of anilines is 2. The average Bonchev–Trinajstić information content (AvgIpc) is 3.30. The van der Waals surface area contributed by atoms with E-state index in [1.165, 1.54) is 0 Å². The fraction of sp³-hybridized carbons (Fsp3) is 0.304. The molecule has 0 spiro atoms. The second-order valence-electron chi connectivity index (χ2n) is 7.97. The number of nitrogens with two attached hydrogens (primary N) is 1. The van der Waals surface area contributed by atoms with Gasteiger partial charge in [-0.1, -0.05) is 35.8 Å². The molecule has 0 amide bonds. The molecule has 3 N–H and O–H groups in total. The first kappa shape index (κ1) is 21.0. The zero-order valence-corrected chi connectivity index (χ0v) is 18.2. The Kier molecular flexibility index (Phi) is 5.66. The average molecular weight is 444 g/mol. The van der Waals surface area contributed by atoms with Crippen LogP contribution in [0.1, 0.15) is 30.7 Å². The number of hydrogen-bond donors (Lipinski definition) is 2. The van der Waals surface area contributed by atoms with E-state index < -0.39 is 0 Å². The Morgan fingerprint density at radius 2 is 1.79 bits per heavy atom. The van der Waals surface area contributed by atoms with Gasteiger partial charge in [-0.2, -0.15) is 4.98 Å². The number of ether oxygens (including phenoxy) is 1. The largest absolute Gasteiger partial charge is 0.383 e. The summed E-state index contributed by atoms with van der Waals surface area (Å²) in [6.07, 6.45) is 9.76. The zero-order valence-electron chi connectivity index (χ0n) is 18.2. The van der Waals surface area contributed by atoms with E-state index >= 15 is 0 Å². The molecule has 1 saturated carbocycles. The molecular formula is C23H24N8O2. The summed E-state index contributed by atoms with van der Waals surface area (Å²) in [5.41, 5.74) is 8.97. The minimum Gasteiger partial charge on any atom is -0.383 e. The van der Waals surface area contributed by atoms with Crippen molar-refractivity contribution in [2.75, 3.05) is 31.3 Å². The predicted octanol–water partition coefficient (Wildman–Crippen LogP) is 3.09. The Morgan fingerprint density at radius 3 is 2.42 bits per heavy atom. The third-order valence-corrected chi connectivity index (χ3v) is 5.99. The Morgan fingerprint density at radius 1 is 1.00 bits per heavy atom. The summed E-state index contributed by atoms with van der Waals surface area (Å²) in [5.74, 6) is 1.97. The lowest BCUT2D eigenvalue weighted by atomic mass is 9.64.